The number of fused-ring (bicyclic) bond motifs is 2. The van der Waals surface area contributed by atoms with Crippen molar-refractivity contribution < 1.29 is 19.3 Å². The summed E-state index contributed by atoms with van der Waals surface area (Å²) in [7, 11) is 3.28. The molecule has 0 amide bonds. The fourth-order valence-corrected chi connectivity index (χ4v) is 2.97. The van der Waals surface area contributed by atoms with Crippen molar-refractivity contribution in [3.63, 3.8) is 0 Å². The Kier molecular flexibility index (Phi) is 2.16. The van der Waals surface area contributed by atoms with E-state index < -0.39 is 17.3 Å². The summed E-state index contributed by atoms with van der Waals surface area (Å²) in [6.45, 7) is 3.85. The van der Waals surface area contributed by atoms with Crippen LogP contribution in [0, 0.1) is 0 Å². The maximum absolute atomic E-state index is 9.90. The number of hydrogen-bond donors (Lipinski definition) is 1. The first-order valence-corrected chi connectivity index (χ1v) is 4.92. The molecule has 4 nitrogen and oxygen atoms in total. The molecule has 0 saturated carbocycles. The first-order chi connectivity index (χ1) is 6.48. The highest BCUT2D eigenvalue weighted by Crippen LogP contribution is 2.52. The van der Waals surface area contributed by atoms with Crippen molar-refractivity contribution in [2.75, 3.05) is 14.2 Å². The molecule has 2 rings (SSSR count). The lowest BCUT2D eigenvalue weighted by Crippen LogP contribution is -2.55. The summed E-state index contributed by atoms with van der Waals surface area (Å²) in [5.74, 6) is 0. The standard InChI is InChI=1S/C10H18O4/c1-9-5-6(11)10(2,14-9)8(13-4)7(9)12-3/h6-8,11H,5H2,1-4H3. The number of methoxy groups -OCH3 is 2. The quantitative estimate of drug-likeness (QED) is 0.701. The van der Waals surface area contributed by atoms with E-state index in [1.807, 2.05) is 13.8 Å². The van der Waals surface area contributed by atoms with E-state index in [9.17, 15) is 5.11 Å². The smallest absolute Gasteiger partial charge is 0.121 e. The lowest BCUT2D eigenvalue weighted by atomic mass is 9.77. The molecule has 1 N–H and O–H groups in total. The van der Waals surface area contributed by atoms with Crippen molar-refractivity contribution in [3.05, 3.63) is 0 Å². The molecule has 0 aliphatic carbocycles. The van der Waals surface area contributed by atoms with Gasteiger partial charge in [-0.15, -0.1) is 0 Å². The Morgan fingerprint density at radius 3 is 2.29 bits per heavy atom. The Hall–Kier alpha value is -0.160. The highest BCUT2D eigenvalue weighted by atomic mass is 16.6. The third-order valence-corrected chi connectivity index (χ3v) is 3.66. The van der Waals surface area contributed by atoms with Gasteiger partial charge in [-0.1, -0.05) is 0 Å². The Morgan fingerprint density at radius 2 is 1.79 bits per heavy atom. The minimum atomic E-state index is -0.621. The fourth-order valence-electron chi connectivity index (χ4n) is 2.97. The molecule has 2 aliphatic rings. The molecule has 82 valence electrons. The van der Waals surface area contributed by atoms with Crippen LogP contribution < -0.4 is 0 Å². The third-order valence-electron chi connectivity index (χ3n) is 3.66. The SMILES string of the molecule is COC1C(OC)C2(C)OC1(C)CC2O. The van der Waals surface area contributed by atoms with Crippen molar-refractivity contribution in [1.82, 2.24) is 0 Å². The molecule has 5 atom stereocenters. The molecule has 0 spiro atoms. The molecular formula is C10H18O4. The van der Waals surface area contributed by atoms with Crippen LogP contribution in [-0.2, 0) is 14.2 Å². The summed E-state index contributed by atoms with van der Waals surface area (Å²) in [5, 5.41) is 9.90. The van der Waals surface area contributed by atoms with Crippen LogP contribution >= 0.6 is 0 Å². The lowest BCUT2D eigenvalue weighted by Gasteiger charge is -2.37. The van der Waals surface area contributed by atoms with Gasteiger partial charge in [-0.05, 0) is 13.8 Å². The van der Waals surface area contributed by atoms with E-state index in [2.05, 4.69) is 0 Å². The predicted molar refractivity (Wildman–Crippen MR) is 50.1 cm³/mol. The van der Waals surface area contributed by atoms with Crippen molar-refractivity contribution >= 4 is 0 Å². The summed E-state index contributed by atoms with van der Waals surface area (Å²) in [6, 6.07) is 0. The molecule has 2 saturated heterocycles. The Labute approximate surface area is 84.1 Å². The summed E-state index contributed by atoms with van der Waals surface area (Å²) in [4.78, 5) is 0. The molecule has 0 aromatic carbocycles. The first kappa shape index (κ1) is 10.4. The maximum atomic E-state index is 9.90. The molecule has 0 aromatic rings. The van der Waals surface area contributed by atoms with Gasteiger partial charge < -0.3 is 19.3 Å². The molecular weight excluding hydrogens is 184 g/mol. The molecule has 2 bridgehead atoms. The minimum Gasteiger partial charge on any atom is -0.390 e. The highest BCUT2D eigenvalue weighted by Gasteiger charge is 2.68. The number of ether oxygens (including phenoxy) is 3. The summed E-state index contributed by atoms with van der Waals surface area (Å²) in [6.07, 6.45) is -0.145. The Morgan fingerprint density at radius 1 is 1.21 bits per heavy atom. The predicted octanol–water partition coefficient (Wildman–Crippen LogP) is 0.329. The van der Waals surface area contributed by atoms with Crippen LogP contribution in [0.4, 0.5) is 0 Å². The third kappa shape index (κ3) is 1.03. The van der Waals surface area contributed by atoms with Gasteiger partial charge in [-0.25, -0.2) is 0 Å². The van der Waals surface area contributed by atoms with E-state index in [4.69, 9.17) is 14.2 Å². The lowest BCUT2D eigenvalue weighted by molar-refractivity contribution is -0.117. The van der Waals surface area contributed by atoms with E-state index in [-0.39, 0.29) is 12.2 Å². The molecule has 14 heavy (non-hydrogen) atoms. The molecule has 2 heterocycles. The zero-order valence-corrected chi connectivity index (χ0v) is 9.11. The first-order valence-electron chi connectivity index (χ1n) is 4.92. The van der Waals surface area contributed by atoms with Gasteiger partial charge in [-0.3, -0.25) is 0 Å². The Balaban J connectivity index is 2.34. The molecule has 2 fully saturated rings. The van der Waals surface area contributed by atoms with Gasteiger partial charge in [0.25, 0.3) is 0 Å². The molecule has 5 unspecified atom stereocenters. The fraction of sp³-hybridized carbons (Fsp3) is 1.00. The van der Waals surface area contributed by atoms with Gasteiger partial charge in [0, 0.05) is 20.6 Å². The van der Waals surface area contributed by atoms with Crippen molar-refractivity contribution in [1.29, 1.82) is 0 Å². The number of aliphatic hydroxyl groups is 1. The van der Waals surface area contributed by atoms with Crippen LogP contribution in [0.25, 0.3) is 0 Å². The largest absolute Gasteiger partial charge is 0.390 e. The van der Waals surface area contributed by atoms with Crippen LogP contribution in [0.2, 0.25) is 0 Å². The van der Waals surface area contributed by atoms with Crippen LogP contribution in [0.15, 0.2) is 0 Å². The van der Waals surface area contributed by atoms with E-state index in [1.165, 1.54) is 0 Å². The maximum Gasteiger partial charge on any atom is 0.121 e. The molecule has 0 aromatic heterocycles. The zero-order chi connectivity index (χ0) is 10.6. The number of hydrogen-bond acceptors (Lipinski definition) is 4. The summed E-state index contributed by atoms with van der Waals surface area (Å²) < 4.78 is 16.6. The van der Waals surface area contributed by atoms with Crippen LogP contribution in [0.3, 0.4) is 0 Å². The minimum absolute atomic E-state index is 0.0964. The highest BCUT2D eigenvalue weighted by molar-refractivity contribution is 5.17. The number of rotatable bonds is 2. The van der Waals surface area contributed by atoms with Gasteiger partial charge in [0.2, 0.25) is 0 Å². The van der Waals surface area contributed by atoms with Crippen LogP contribution in [-0.4, -0.2) is 48.8 Å². The zero-order valence-electron chi connectivity index (χ0n) is 9.11. The molecule has 2 aliphatic heterocycles. The van der Waals surface area contributed by atoms with Gasteiger partial charge >= 0.3 is 0 Å². The number of aliphatic hydroxyl groups excluding tert-OH is 1. The molecule has 4 heteroatoms. The summed E-state index contributed by atoms with van der Waals surface area (Å²) in [5.41, 5.74) is -1.03. The topological polar surface area (TPSA) is 47.9 Å². The van der Waals surface area contributed by atoms with Crippen molar-refractivity contribution in [2.24, 2.45) is 0 Å². The monoisotopic (exact) mass is 202 g/mol. The van der Waals surface area contributed by atoms with Crippen LogP contribution in [0.1, 0.15) is 20.3 Å². The van der Waals surface area contributed by atoms with E-state index in [0.717, 1.165) is 0 Å². The van der Waals surface area contributed by atoms with Crippen LogP contribution in [0.5, 0.6) is 0 Å². The molecule has 0 radical (unpaired) electrons. The summed E-state index contributed by atoms with van der Waals surface area (Å²) >= 11 is 0. The van der Waals surface area contributed by atoms with Gasteiger partial charge in [0.05, 0.1) is 11.7 Å². The second kappa shape index (κ2) is 2.92. The van der Waals surface area contributed by atoms with E-state index >= 15 is 0 Å². The van der Waals surface area contributed by atoms with Crippen molar-refractivity contribution in [2.45, 2.75) is 49.8 Å². The normalized spacial score (nSPS) is 56.8. The van der Waals surface area contributed by atoms with Gasteiger partial charge in [-0.2, -0.15) is 0 Å². The average molecular weight is 202 g/mol. The second-order valence-corrected chi connectivity index (χ2v) is 4.63. The average Bonchev–Trinajstić information content (AvgIpc) is 2.46. The Bertz CT molecular complexity index is 244. The van der Waals surface area contributed by atoms with Gasteiger partial charge in [0.15, 0.2) is 0 Å². The second-order valence-electron chi connectivity index (χ2n) is 4.63. The van der Waals surface area contributed by atoms with E-state index in [1.54, 1.807) is 14.2 Å². The van der Waals surface area contributed by atoms with E-state index in [0.29, 0.717) is 6.42 Å². The van der Waals surface area contributed by atoms with Crippen molar-refractivity contribution in [3.8, 4) is 0 Å². The van der Waals surface area contributed by atoms with Gasteiger partial charge in [0.1, 0.15) is 17.8 Å².